The van der Waals surface area contributed by atoms with Crippen molar-refractivity contribution in [2.45, 2.75) is 39.7 Å². The van der Waals surface area contributed by atoms with E-state index < -0.39 is 0 Å². The summed E-state index contributed by atoms with van der Waals surface area (Å²) in [5, 5.41) is 3.44. The zero-order valence-electron chi connectivity index (χ0n) is 11.6. The van der Waals surface area contributed by atoms with Crippen molar-refractivity contribution in [1.29, 1.82) is 0 Å². The molecule has 17 heavy (non-hydrogen) atoms. The molecule has 0 aliphatic rings. The summed E-state index contributed by atoms with van der Waals surface area (Å²) in [5.41, 5.74) is 4.14. The molecule has 2 atom stereocenters. The fourth-order valence-corrected chi connectivity index (χ4v) is 2.15. The molecule has 0 aliphatic heterocycles. The summed E-state index contributed by atoms with van der Waals surface area (Å²) in [4.78, 5) is 0. The van der Waals surface area contributed by atoms with E-state index in [0.717, 1.165) is 12.8 Å². The third kappa shape index (κ3) is 3.71. The third-order valence-corrected chi connectivity index (χ3v) is 3.59. The standard InChI is InChI=1S/C16H25N/c1-6-14-9-7-8-10-15(14)16(17-5)11-13(4)12(2)3/h7-10,13,16-17H,2,6,11H2,1,3-5H3. The highest BCUT2D eigenvalue weighted by Gasteiger charge is 2.16. The quantitative estimate of drug-likeness (QED) is 0.726. The van der Waals surface area contributed by atoms with Crippen molar-refractivity contribution in [3.05, 3.63) is 47.5 Å². The van der Waals surface area contributed by atoms with Gasteiger partial charge >= 0.3 is 0 Å². The summed E-state index contributed by atoms with van der Waals surface area (Å²) < 4.78 is 0. The lowest BCUT2D eigenvalue weighted by atomic mass is 9.89. The Bertz CT molecular complexity index is 368. The van der Waals surface area contributed by atoms with Crippen LogP contribution in [0.4, 0.5) is 0 Å². The van der Waals surface area contributed by atoms with Crippen molar-refractivity contribution in [2.24, 2.45) is 5.92 Å². The molecule has 0 aromatic heterocycles. The van der Waals surface area contributed by atoms with E-state index in [1.807, 2.05) is 7.05 Å². The van der Waals surface area contributed by atoms with E-state index in [1.54, 1.807) is 0 Å². The average molecular weight is 231 g/mol. The minimum atomic E-state index is 0.429. The Balaban J connectivity index is 2.89. The van der Waals surface area contributed by atoms with Gasteiger partial charge in [0.15, 0.2) is 0 Å². The second-order valence-electron chi connectivity index (χ2n) is 4.88. The van der Waals surface area contributed by atoms with Crippen molar-refractivity contribution in [3.63, 3.8) is 0 Å². The number of aryl methyl sites for hydroxylation is 1. The largest absolute Gasteiger partial charge is 0.313 e. The van der Waals surface area contributed by atoms with Gasteiger partial charge in [-0.2, -0.15) is 0 Å². The average Bonchev–Trinajstić information content (AvgIpc) is 2.35. The minimum Gasteiger partial charge on any atom is -0.313 e. The predicted octanol–water partition coefficient (Wildman–Crippen LogP) is 4.11. The van der Waals surface area contributed by atoms with Gasteiger partial charge in [0.2, 0.25) is 0 Å². The minimum absolute atomic E-state index is 0.429. The molecule has 1 N–H and O–H groups in total. The Hall–Kier alpha value is -1.08. The van der Waals surface area contributed by atoms with E-state index in [-0.39, 0.29) is 0 Å². The fraction of sp³-hybridized carbons (Fsp3) is 0.500. The summed E-state index contributed by atoms with van der Waals surface area (Å²) in [6, 6.07) is 9.15. The summed E-state index contributed by atoms with van der Waals surface area (Å²) >= 11 is 0. The maximum absolute atomic E-state index is 4.05. The summed E-state index contributed by atoms with van der Waals surface area (Å²) in [6.45, 7) is 10.6. The van der Waals surface area contributed by atoms with E-state index in [0.29, 0.717) is 12.0 Å². The number of hydrogen-bond donors (Lipinski definition) is 1. The van der Waals surface area contributed by atoms with Crippen molar-refractivity contribution in [2.75, 3.05) is 7.05 Å². The Morgan fingerprint density at radius 1 is 1.35 bits per heavy atom. The molecule has 1 rings (SSSR count). The first-order valence-electron chi connectivity index (χ1n) is 6.50. The van der Waals surface area contributed by atoms with Crippen LogP contribution < -0.4 is 5.32 Å². The smallest absolute Gasteiger partial charge is 0.0325 e. The van der Waals surface area contributed by atoms with Gasteiger partial charge in [-0.3, -0.25) is 0 Å². The summed E-state index contributed by atoms with van der Waals surface area (Å²) in [5.74, 6) is 0.553. The molecule has 94 valence electrons. The molecule has 1 aromatic carbocycles. The van der Waals surface area contributed by atoms with Gasteiger partial charge in [0.05, 0.1) is 0 Å². The molecule has 0 spiro atoms. The third-order valence-electron chi connectivity index (χ3n) is 3.59. The number of benzene rings is 1. The van der Waals surface area contributed by atoms with E-state index in [2.05, 4.69) is 56.9 Å². The first-order valence-corrected chi connectivity index (χ1v) is 6.50. The van der Waals surface area contributed by atoms with E-state index >= 15 is 0 Å². The van der Waals surface area contributed by atoms with Gasteiger partial charge in [-0.15, -0.1) is 0 Å². The molecule has 0 heterocycles. The number of allylic oxidation sites excluding steroid dienone is 1. The Labute approximate surface area is 106 Å². The lowest BCUT2D eigenvalue weighted by Gasteiger charge is -2.23. The van der Waals surface area contributed by atoms with Gasteiger partial charge in [0, 0.05) is 6.04 Å². The molecule has 2 unspecified atom stereocenters. The van der Waals surface area contributed by atoms with Crippen LogP contribution in [0.5, 0.6) is 0 Å². The predicted molar refractivity (Wildman–Crippen MR) is 76.2 cm³/mol. The van der Waals surface area contributed by atoms with Crippen LogP contribution in [-0.4, -0.2) is 7.05 Å². The molecule has 0 saturated carbocycles. The molecule has 0 bridgehead atoms. The van der Waals surface area contributed by atoms with E-state index in [9.17, 15) is 0 Å². The molecule has 0 amide bonds. The molecule has 0 radical (unpaired) electrons. The van der Waals surface area contributed by atoms with Gasteiger partial charge in [0.25, 0.3) is 0 Å². The normalized spacial score (nSPS) is 14.4. The number of hydrogen-bond acceptors (Lipinski definition) is 1. The molecule has 0 aliphatic carbocycles. The van der Waals surface area contributed by atoms with Crippen molar-refractivity contribution in [3.8, 4) is 0 Å². The Morgan fingerprint density at radius 3 is 2.53 bits per heavy atom. The molecular weight excluding hydrogens is 206 g/mol. The van der Waals surface area contributed by atoms with Crippen LogP contribution in [0.25, 0.3) is 0 Å². The highest BCUT2D eigenvalue weighted by atomic mass is 14.9. The van der Waals surface area contributed by atoms with Gasteiger partial charge in [-0.25, -0.2) is 0 Å². The highest BCUT2D eigenvalue weighted by molar-refractivity contribution is 5.30. The first-order chi connectivity index (χ1) is 8.10. The van der Waals surface area contributed by atoms with Gasteiger partial charge in [0.1, 0.15) is 0 Å². The van der Waals surface area contributed by atoms with Crippen LogP contribution >= 0.6 is 0 Å². The molecular formula is C16H25N. The highest BCUT2D eigenvalue weighted by Crippen LogP contribution is 2.27. The van der Waals surface area contributed by atoms with Crippen LogP contribution in [0.1, 0.15) is 44.4 Å². The van der Waals surface area contributed by atoms with E-state index in [1.165, 1.54) is 16.7 Å². The summed E-state index contributed by atoms with van der Waals surface area (Å²) in [7, 11) is 2.04. The van der Waals surface area contributed by atoms with Crippen LogP contribution in [-0.2, 0) is 6.42 Å². The molecule has 0 saturated heterocycles. The Morgan fingerprint density at radius 2 is 2.00 bits per heavy atom. The second kappa shape index (κ2) is 6.61. The molecule has 1 heteroatoms. The van der Waals surface area contributed by atoms with E-state index in [4.69, 9.17) is 0 Å². The SMILES string of the molecule is C=C(C)C(C)CC(NC)c1ccccc1CC. The monoisotopic (exact) mass is 231 g/mol. The van der Waals surface area contributed by atoms with Crippen LogP contribution in [0.2, 0.25) is 0 Å². The van der Waals surface area contributed by atoms with Gasteiger partial charge in [-0.1, -0.05) is 50.3 Å². The fourth-order valence-electron chi connectivity index (χ4n) is 2.15. The Kier molecular flexibility index (Phi) is 5.43. The zero-order chi connectivity index (χ0) is 12.8. The van der Waals surface area contributed by atoms with Crippen LogP contribution in [0.15, 0.2) is 36.4 Å². The molecule has 1 nitrogen and oxygen atoms in total. The maximum atomic E-state index is 4.05. The molecule has 0 fully saturated rings. The molecule has 1 aromatic rings. The van der Waals surface area contributed by atoms with Crippen LogP contribution in [0.3, 0.4) is 0 Å². The van der Waals surface area contributed by atoms with Crippen molar-refractivity contribution >= 4 is 0 Å². The van der Waals surface area contributed by atoms with Crippen molar-refractivity contribution in [1.82, 2.24) is 5.32 Å². The topological polar surface area (TPSA) is 12.0 Å². The zero-order valence-corrected chi connectivity index (χ0v) is 11.6. The number of nitrogens with one attached hydrogen (secondary N) is 1. The first kappa shape index (κ1) is 14.0. The maximum Gasteiger partial charge on any atom is 0.0325 e. The van der Waals surface area contributed by atoms with Crippen LogP contribution in [0, 0.1) is 5.92 Å². The number of rotatable bonds is 6. The second-order valence-corrected chi connectivity index (χ2v) is 4.88. The van der Waals surface area contributed by atoms with Gasteiger partial charge in [-0.05, 0) is 43.9 Å². The lowest BCUT2D eigenvalue weighted by molar-refractivity contribution is 0.469. The van der Waals surface area contributed by atoms with Crippen molar-refractivity contribution < 1.29 is 0 Å². The van der Waals surface area contributed by atoms with Gasteiger partial charge < -0.3 is 5.32 Å². The summed E-state index contributed by atoms with van der Waals surface area (Å²) in [6.07, 6.45) is 2.21. The lowest BCUT2D eigenvalue weighted by Crippen LogP contribution is -2.20.